The van der Waals surface area contributed by atoms with Crippen LogP contribution in [0.4, 0.5) is 0 Å². The molecule has 0 spiro atoms. The fourth-order valence-electron chi connectivity index (χ4n) is 3.06. The summed E-state index contributed by atoms with van der Waals surface area (Å²) in [6, 6.07) is 0. The van der Waals surface area contributed by atoms with Gasteiger partial charge in [0.1, 0.15) is 0 Å². The van der Waals surface area contributed by atoms with E-state index in [4.69, 9.17) is 0 Å². The molecule has 0 aliphatic carbocycles. The first-order valence-electron chi connectivity index (χ1n) is 10.4. The minimum Gasteiger partial charge on any atom is -0.311 e. The summed E-state index contributed by atoms with van der Waals surface area (Å²) < 4.78 is 5.72. The molecule has 23 heavy (non-hydrogen) atoms. The Bertz CT molecular complexity index is 250. The van der Waals surface area contributed by atoms with Crippen LogP contribution in [-0.4, -0.2) is 44.4 Å². The van der Waals surface area contributed by atoms with Crippen molar-refractivity contribution in [1.29, 1.82) is 0 Å². The zero-order valence-electron chi connectivity index (χ0n) is 16.8. The zero-order chi connectivity index (χ0) is 17.3. The summed E-state index contributed by atoms with van der Waals surface area (Å²) in [5.41, 5.74) is 2.65. The van der Waals surface area contributed by atoms with Gasteiger partial charge in [-0.05, 0) is 58.3 Å². The number of hydrogen-bond donors (Lipinski definition) is 0. The third kappa shape index (κ3) is 11.1. The highest BCUT2D eigenvalue weighted by molar-refractivity contribution is 6.58. The van der Waals surface area contributed by atoms with Gasteiger partial charge >= 0.3 is 0 Å². The molecule has 0 aromatic carbocycles. The van der Waals surface area contributed by atoms with Crippen LogP contribution in [0.1, 0.15) is 92.4 Å². The van der Waals surface area contributed by atoms with Gasteiger partial charge in [0.2, 0.25) is 9.12 Å². The SMILES string of the molecule is CCCCC=C[SiH](N(CCC)CCCC)N(CCC)CCCC. The molecule has 0 atom stereocenters. The van der Waals surface area contributed by atoms with Gasteiger partial charge in [-0.15, -0.1) is 0 Å². The van der Waals surface area contributed by atoms with Crippen molar-refractivity contribution in [1.82, 2.24) is 9.13 Å². The first-order chi connectivity index (χ1) is 11.2. The highest BCUT2D eigenvalue weighted by atomic mass is 28.3. The molecule has 0 N–H and O–H groups in total. The van der Waals surface area contributed by atoms with Crippen molar-refractivity contribution < 1.29 is 0 Å². The molecule has 0 radical (unpaired) electrons. The lowest BCUT2D eigenvalue weighted by Crippen LogP contribution is -2.53. The van der Waals surface area contributed by atoms with E-state index < -0.39 is 9.12 Å². The Morgan fingerprint density at radius 2 is 1.09 bits per heavy atom. The summed E-state index contributed by atoms with van der Waals surface area (Å²) in [4.78, 5) is 0. The van der Waals surface area contributed by atoms with Crippen LogP contribution in [0, 0.1) is 0 Å². The normalized spacial score (nSPS) is 12.3. The lowest BCUT2D eigenvalue weighted by molar-refractivity contribution is 0.338. The van der Waals surface area contributed by atoms with Gasteiger partial charge in [0, 0.05) is 0 Å². The Balaban J connectivity index is 5.04. The molecule has 0 bridgehead atoms. The maximum Gasteiger partial charge on any atom is 0.215 e. The Morgan fingerprint density at radius 3 is 1.48 bits per heavy atom. The quantitative estimate of drug-likeness (QED) is 0.270. The maximum absolute atomic E-state index is 2.86. The minimum absolute atomic E-state index is 1.12. The molecule has 0 aliphatic heterocycles. The van der Waals surface area contributed by atoms with E-state index in [0.717, 1.165) is 0 Å². The highest BCUT2D eigenvalue weighted by Crippen LogP contribution is 2.11. The highest BCUT2D eigenvalue weighted by Gasteiger charge is 2.23. The summed E-state index contributed by atoms with van der Waals surface area (Å²) >= 11 is 0. The molecule has 138 valence electrons. The average Bonchev–Trinajstić information content (AvgIpc) is 2.56. The molecular formula is C20H44N2Si. The largest absolute Gasteiger partial charge is 0.311 e. The van der Waals surface area contributed by atoms with Crippen molar-refractivity contribution in [3.63, 3.8) is 0 Å². The van der Waals surface area contributed by atoms with E-state index >= 15 is 0 Å². The maximum atomic E-state index is 2.86. The van der Waals surface area contributed by atoms with Crippen LogP contribution < -0.4 is 0 Å². The third-order valence-corrected chi connectivity index (χ3v) is 7.55. The number of nitrogens with zero attached hydrogens (tertiary/aromatic N) is 2. The van der Waals surface area contributed by atoms with Crippen LogP contribution in [0.15, 0.2) is 11.8 Å². The van der Waals surface area contributed by atoms with Gasteiger partial charge in [-0.1, -0.05) is 72.1 Å². The molecular weight excluding hydrogens is 296 g/mol. The molecule has 0 saturated carbocycles. The number of hydrogen-bond acceptors (Lipinski definition) is 2. The monoisotopic (exact) mass is 340 g/mol. The zero-order valence-corrected chi connectivity index (χ0v) is 18.0. The van der Waals surface area contributed by atoms with Gasteiger partial charge in [-0.3, -0.25) is 0 Å². The van der Waals surface area contributed by atoms with Crippen molar-refractivity contribution in [3.05, 3.63) is 11.8 Å². The Hall–Kier alpha value is -0.123. The van der Waals surface area contributed by atoms with Crippen LogP contribution in [0.2, 0.25) is 0 Å². The number of allylic oxidation sites excluding steroid dienone is 1. The average molecular weight is 341 g/mol. The standard InChI is InChI=1S/C20H44N2Si/c1-6-11-14-15-20-23(21(16-9-4)18-12-7-2)22(17-10-5)19-13-8-3/h15,20,23H,6-14,16-19H2,1-5H3. The van der Waals surface area contributed by atoms with Crippen molar-refractivity contribution in [3.8, 4) is 0 Å². The fraction of sp³-hybridized carbons (Fsp3) is 0.900. The summed E-state index contributed by atoms with van der Waals surface area (Å²) in [6.45, 7) is 16.7. The van der Waals surface area contributed by atoms with Gasteiger partial charge in [0.05, 0.1) is 0 Å². The molecule has 3 heteroatoms. The van der Waals surface area contributed by atoms with Crippen LogP contribution in [0.3, 0.4) is 0 Å². The van der Waals surface area contributed by atoms with Gasteiger partial charge in [0.25, 0.3) is 0 Å². The van der Waals surface area contributed by atoms with E-state index in [1.54, 1.807) is 0 Å². The van der Waals surface area contributed by atoms with Gasteiger partial charge in [0.15, 0.2) is 0 Å². The van der Waals surface area contributed by atoms with Crippen LogP contribution >= 0.6 is 0 Å². The van der Waals surface area contributed by atoms with Crippen molar-refractivity contribution >= 4 is 9.12 Å². The fourth-order valence-corrected chi connectivity index (χ4v) is 6.39. The Kier molecular flexibility index (Phi) is 16.6. The number of rotatable bonds is 16. The van der Waals surface area contributed by atoms with E-state index in [0.29, 0.717) is 0 Å². The predicted octanol–water partition coefficient (Wildman–Crippen LogP) is 5.52. The van der Waals surface area contributed by atoms with Crippen LogP contribution in [0.5, 0.6) is 0 Å². The molecule has 0 rings (SSSR count). The molecule has 0 aromatic heterocycles. The van der Waals surface area contributed by atoms with E-state index in [9.17, 15) is 0 Å². The summed E-state index contributed by atoms with van der Waals surface area (Å²) in [7, 11) is -1.12. The Labute approximate surface area is 149 Å². The summed E-state index contributed by atoms with van der Waals surface area (Å²) in [5, 5.41) is 0. The smallest absolute Gasteiger partial charge is 0.215 e. The molecule has 0 amide bonds. The first kappa shape index (κ1) is 22.9. The molecule has 0 heterocycles. The predicted molar refractivity (Wildman–Crippen MR) is 109 cm³/mol. The first-order valence-corrected chi connectivity index (χ1v) is 12.1. The second kappa shape index (κ2) is 16.7. The topological polar surface area (TPSA) is 6.48 Å². The third-order valence-electron chi connectivity index (χ3n) is 4.40. The summed E-state index contributed by atoms with van der Waals surface area (Å²) in [5.74, 6) is 0. The van der Waals surface area contributed by atoms with E-state index in [-0.39, 0.29) is 0 Å². The molecule has 0 fully saturated rings. The van der Waals surface area contributed by atoms with Crippen LogP contribution in [0.25, 0.3) is 0 Å². The summed E-state index contributed by atoms with van der Waals surface area (Å²) in [6.07, 6.45) is 14.3. The van der Waals surface area contributed by atoms with Gasteiger partial charge < -0.3 is 9.13 Å². The molecule has 2 nitrogen and oxygen atoms in total. The number of unbranched alkanes of at least 4 members (excludes halogenated alkanes) is 4. The van der Waals surface area contributed by atoms with E-state index in [2.05, 4.69) is 55.5 Å². The van der Waals surface area contributed by atoms with Crippen molar-refractivity contribution in [2.75, 3.05) is 26.2 Å². The molecule has 0 aliphatic rings. The lowest BCUT2D eigenvalue weighted by atomic mass is 10.2. The molecule has 0 saturated heterocycles. The lowest BCUT2D eigenvalue weighted by Gasteiger charge is -2.37. The van der Waals surface area contributed by atoms with Crippen LogP contribution in [-0.2, 0) is 0 Å². The van der Waals surface area contributed by atoms with Gasteiger partial charge in [-0.25, -0.2) is 0 Å². The van der Waals surface area contributed by atoms with Gasteiger partial charge in [-0.2, -0.15) is 0 Å². The minimum atomic E-state index is -1.12. The van der Waals surface area contributed by atoms with E-state index in [1.807, 2.05) is 0 Å². The van der Waals surface area contributed by atoms with Crippen molar-refractivity contribution in [2.24, 2.45) is 0 Å². The Morgan fingerprint density at radius 1 is 0.609 bits per heavy atom. The molecule has 0 unspecified atom stereocenters. The van der Waals surface area contributed by atoms with Crippen molar-refractivity contribution in [2.45, 2.75) is 92.4 Å². The van der Waals surface area contributed by atoms with E-state index in [1.165, 1.54) is 84.0 Å². The molecule has 0 aromatic rings. The second-order valence-electron chi connectivity index (χ2n) is 6.76. The second-order valence-corrected chi connectivity index (χ2v) is 9.44.